The van der Waals surface area contributed by atoms with Gasteiger partial charge >= 0.3 is 0 Å². The molecule has 33 heavy (non-hydrogen) atoms. The van der Waals surface area contributed by atoms with E-state index in [1.54, 1.807) is 23.4 Å². The summed E-state index contributed by atoms with van der Waals surface area (Å²) < 4.78 is 3.92. The van der Waals surface area contributed by atoms with Crippen LogP contribution >= 0.6 is 0 Å². The number of nitrogens with zero attached hydrogens (tertiary/aromatic N) is 7. The normalized spacial score (nSPS) is 11.9. The van der Waals surface area contributed by atoms with Crippen molar-refractivity contribution in [2.75, 3.05) is 5.73 Å². The lowest BCUT2D eigenvalue weighted by Crippen LogP contribution is -2.23. The molecular weight excluding hydrogens is 416 g/mol. The number of rotatable bonds is 4. The van der Waals surface area contributed by atoms with Crippen LogP contribution in [0.5, 0.6) is 0 Å². The van der Waals surface area contributed by atoms with Crippen LogP contribution in [0, 0.1) is 0 Å². The van der Waals surface area contributed by atoms with E-state index in [4.69, 9.17) is 10.7 Å². The lowest BCUT2D eigenvalue weighted by Gasteiger charge is -2.25. The molecule has 0 aliphatic heterocycles. The molecular formula is C24H24N8O. The topological polar surface area (TPSA) is 121 Å². The highest BCUT2D eigenvalue weighted by Gasteiger charge is 2.25. The Labute approximate surface area is 190 Å². The number of imidazole rings is 1. The number of hydrogen-bond donors (Lipinski definition) is 2. The zero-order chi connectivity index (χ0) is 23.2. The number of aliphatic hydroxyl groups excluding tert-OH is 1. The third-order valence-electron chi connectivity index (χ3n) is 5.48. The summed E-state index contributed by atoms with van der Waals surface area (Å²) in [6.07, 6.45) is 6.57. The summed E-state index contributed by atoms with van der Waals surface area (Å²) in [6, 6.07) is 11.9. The molecule has 0 fully saturated rings. The molecule has 0 radical (unpaired) electrons. The van der Waals surface area contributed by atoms with Crippen LogP contribution in [0.3, 0.4) is 0 Å². The first-order valence-electron chi connectivity index (χ1n) is 10.5. The highest BCUT2D eigenvalue weighted by atomic mass is 16.3. The molecule has 3 aromatic heterocycles. The van der Waals surface area contributed by atoms with Gasteiger partial charge in [0, 0.05) is 29.1 Å². The fraction of sp³-hybridized carbons (Fsp3) is 0.208. The van der Waals surface area contributed by atoms with Gasteiger partial charge in [0.2, 0.25) is 5.95 Å². The second-order valence-electron chi connectivity index (χ2n) is 8.82. The van der Waals surface area contributed by atoms with Crippen molar-refractivity contribution in [3.63, 3.8) is 0 Å². The van der Waals surface area contributed by atoms with Crippen LogP contribution in [0.1, 0.15) is 26.3 Å². The fourth-order valence-corrected chi connectivity index (χ4v) is 4.00. The van der Waals surface area contributed by atoms with E-state index in [0.717, 1.165) is 44.8 Å². The van der Waals surface area contributed by atoms with Gasteiger partial charge in [-0.05, 0) is 56.2 Å². The predicted octanol–water partition coefficient (Wildman–Crippen LogP) is 3.57. The largest absolute Gasteiger partial charge is 0.392 e. The van der Waals surface area contributed by atoms with Gasteiger partial charge in [-0.25, -0.2) is 24.6 Å². The number of nitrogens with two attached hydrogens (primary N) is 1. The maximum absolute atomic E-state index is 9.80. The smallest absolute Gasteiger partial charge is 0.219 e. The molecule has 0 saturated carbocycles. The van der Waals surface area contributed by atoms with Gasteiger partial charge in [0.1, 0.15) is 18.5 Å². The van der Waals surface area contributed by atoms with Crippen molar-refractivity contribution >= 4 is 17.0 Å². The maximum atomic E-state index is 9.80. The van der Waals surface area contributed by atoms with Gasteiger partial charge < -0.3 is 15.4 Å². The zero-order valence-electron chi connectivity index (χ0n) is 18.6. The molecule has 0 aliphatic carbocycles. The summed E-state index contributed by atoms with van der Waals surface area (Å²) in [4.78, 5) is 17.4. The summed E-state index contributed by atoms with van der Waals surface area (Å²) in [5, 5.41) is 14.1. The molecule has 0 unspecified atom stereocenters. The van der Waals surface area contributed by atoms with E-state index in [0.29, 0.717) is 0 Å². The van der Waals surface area contributed by atoms with Crippen LogP contribution in [0.25, 0.3) is 39.2 Å². The van der Waals surface area contributed by atoms with Crippen LogP contribution in [0.2, 0.25) is 0 Å². The monoisotopic (exact) mass is 440 g/mol. The van der Waals surface area contributed by atoms with E-state index in [9.17, 15) is 5.11 Å². The van der Waals surface area contributed by atoms with Gasteiger partial charge in [-0.1, -0.05) is 12.1 Å². The molecule has 0 spiro atoms. The van der Waals surface area contributed by atoms with Gasteiger partial charge in [0.05, 0.1) is 23.3 Å². The van der Waals surface area contributed by atoms with Gasteiger partial charge in [0.25, 0.3) is 0 Å². The van der Waals surface area contributed by atoms with Crippen LogP contribution in [0.4, 0.5) is 5.95 Å². The fourth-order valence-electron chi connectivity index (χ4n) is 4.00. The average Bonchev–Trinajstić information content (AvgIpc) is 3.46. The second kappa shape index (κ2) is 7.79. The highest BCUT2D eigenvalue weighted by Crippen LogP contribution is 2.36. The molecule has 9 heteroatoms. The summed E-state index contributed by atoms with van der Waals surface area (Å²) in [5.74, 6) is 1.02. The molecule has 0 aliphatic rings. The number of aromatic nitrogens is 7. The Bertz CT molecular complexity index is 1430. The van der Waals surface area contributed by atoms with Gasteiger partial charge in [-0.15, -0.1) is 0 Å². The number of anilines is 1. The molecule has 3 N–H and O–H groups in total. The van der Waals surface area contributed by atoms with Crippen molar-refractivity contribution in [3.8, 4) is 28.2 Å². The third kappa shape index (κ3) is 3.72. The number of nitrogen functional groups attached to an aromatic ring is 1. The molecule has 0 saturated heterocycles. The Morgan fingerprint density at radius 3 is 2.45 bits per heavy atom. The Kier molecular flexibility index (Phi) is 4.90. The minimum Gasteiger partial charge on any atom is -0.392 e. The summed E-state index contributed by atoms with van der Waals surface area (Å²) in [5.41, 5.74) is 11.5. The van der Waals surface area contributed by atoms with Crippen LogP contribution in [0.15, 0.2) is 61.4 Å². The van der Waals surface area contributed by atoms with Crippen molar-refractivity contribution in [1.29, 1.82) is 0 Å². The molecule has 0 atom stereocenters. The Hall–Kier alpha value is -4.11. The lowest BCUT2D eigenvalue weighted by atomic mass is 10.0. The number of aliphatic hydroxyl groups is 1. The van der Waals surface area contributed by atoms with Crippen molar-refractivity contribution in [2.24, 2.45) is 0 Å². The molecule has 0 bridgehead atoms. The number of hydrogen-bond acceptors (Lipinski definition) is 7. The van der Waals surface area contributed by atoms with E-state index in [1.807, 2.05) is 30.3 Å². The molecule has 166 valence electrons. The predicted molar refractivity (Wildman–Crippen MR) is 126 cm³/mol. The second-order valence-corrected chi connectivity index (χ2v) is 8.82. The average molecular weight is 441 g/mol. The van der Waals surface area contributed by atoms with Crippen LogP contribution in [-0.4, -0.2) is 39.4 Å². The summed E-state index contributed by atoms with van der Waals surface area (Å²) >= 11 is 0. The third-order valence-corrected chi connectivity index (χ3v) is 5.48. The summed E-state index contributed by atoms with van der Waals surface area (Å²) in [7, 11) is 0. The lowest BCUT2D eigenvalue weighted by molar-refractivity contribution is 0.282. The first-order valence-corrected chi connectivity index (χ1v) is 10.5. The van der Waals surface area contributed by atoms with Crippen LogP contribution < -0.4 is 5.73 Å². The first kappa shape index (κ1) is 20.8. The van der Waals surface area contributed by atoms with Crippen molar-refractivity contribution in [3.05, 3.63) is 67.0 Å². The SMILES string of the molecule is CC(C)(C)n1c(-c2cc(CO)ccc2-n2cncn2)nc2cc(-c3cnc(N)nc3)ccc21. The van der Waals surface area contributed by atoms with E-state index >= 15 is 0 Å². The zero-order valence-corrected chi connectivity index (χ0v) is 18.6. The standard InChI is InChI=1S/C24H24N8O/c1-24(2,3)32-21-7-5-16(17-10-27-23(25)28-11-17)9-19(21)30-22(32)18-8-15(12-33)4-6-20(18)31-14-26-13-29-31/h4-11,13-14,33H,12H2,1-3H3,(H2,25,27,28). The molecule has 9 nitrogen and oxygen atoms in total. The quantitative estimate of drug-likeness (QED) is 0.438. The minimum absolute atomic E-state index is 0.0678. The summed E-state index contributed by atoms with van der Waals surface area (Å²) in [6.45, 7) is 6.36. The minimum atomic E-state index is -0.259. The van der Waals surface area contributed by atoms with E-state index in [2.05, 4.69) is 51.5 Å². The van der Waals surface area contributed by atoms with Crippen molar-refractivity contribution in [1.82, 2.24) is 34.3 Å². The molecule has 0 amide bonds. The maximum Gasteiger partial charge on any atom is 0.219 e. The van der Waals surface area contributed by atoms with E-state index < -0.39 is 0 Å². The van der Waals surface area contributed by atoms with Gasteiger partial charge in [0.15, 0.2) is 0 Å². The Morgan fingerprint density at radius 2 is 1.79 bits per heavy atom. The van der Waals surface area contributed by atoms with E-state index in [1.165, 1.54) is 6.33 Å². The van der Waals surface area contributed by atoms with Crippen molar-refractivity contribution < 1.29 is 5.11 Å². The number of fused-ring (bicyclic) bond motifs is 1. The first-order chi connectivity index (χ1) is 15.8. The van der Waals surface area contributed by atoms with Gasteiger partial charge in [-0.3, -0.25) is 0 Å². The van der Waals surface area contributed by atoms with Crippen LogP contribution in [-0.2, 0) is 12.1 Å². The Morgan fingerprint density at radius 1 is 1.00 bits per heavy atom. The van der Waals surface area contributed by atoms with Gasteiger partial charge in [-0.2, -0.15) is 5.10 Å². The molecule has 5 aromatic rings. The number of benzene rings is 2. The van der Waals surface area contributed by atoms with E-state index in [-0.39, 0.29) is 18.1 Å². The molecule has 2 aromatic carbocycles. The molecule has 5 rings (SSSR count). The highest BCUT2D eigenvalue weighted by molar-refractivity contribution is 5.87. The van der Waals surface area contributed by atoms with Crippen molar-refractivity contribution in [2.45, 2.75) is 32.9 Å². The Balaban J connectivity index is 1.77. The molecule has 3 heterocycles.